The van der Waals surface area contributed by atoms with E-state index in [9.17, 15) is 13.2 Å². The number of anilines is 1. The topological polar surface area (TPSA) is 54.7 Å². The summed E-state index contributed by atoms with van der Waals surface area (Å²) in [6.45, 7) is 3.26. The second kappa shape index (κ2) is 5.01. The average Bonchev–Trinajstić information content (AvgIpc) is 2.60. The fourth-order valence-electron chi connectivity index (χ4n) is 2.22. The number of hydrogen-bond acceptors (Lipinski definition) is 2. The lowest BCUT2D eigenvalue weighted by Gasteiger charge is -2.17. The molecule has 3 nitrogen and oxygen atoms in total. The number of alkyl halides is 3. The van der Waals surface area contributed by atoms with E-state index in [2.05, 4.69) is 0 Å². The van der Waals surface area contributed by atoms with Gasteiger partial charge in [-0.1, -0.05) is 11.6 Å². The molecule has 0 saturated heterocycles. The van der Waals surface area contributed by atoms with Crippen LogP contribution in [-0.2, 0) is 6.18 Å². The van der Waals surface area contributed by atoms with Crippen molar-refractivity contribution >= 4 is 17.4 Å². The maximum atomic E-state index is 13.2. The van der Waals surface area contributed by atoms with Crippen LogP contribution < -0.4 is 5.73 Å². The molecule has 0 amide bonds. The molecule has 2 N–H and O–H groups in total. The molecule has 0 unspecified atom stereocenters. The summed E-state index contributed by atoms with van der Waals surface area (Å²) in [5.74, 6) is -0.0136. The van der Waals surface area contributed by atoms with Crippen LogP contribution in [0.4, 0.5) is 19.0 Å². The smallest absolute Gasteiger partial charge is 0.384 e. The number of rotatable bonds is 1. The van der Waals surface area contributed by atoms with Crippen LogP contribution in [0.2, 0.25) is 5.02 Å². The van der Waals surface area contributed by atoms with E-state index >= 15 is 0 Å². The van der Waals surface area contributed by atoms with Gasteiger partial charge in [0.2, 0.25) is 0 Å². The summed E-state index contributed by atoms with van der Waals surface area (Å²) in [6.07, 6.45) is -4.58. The van der Waals surface area contributed by atoms with Gasteiger partial charge >= 0.3 is 6.18 Å². The van der Waals surface area contributed by atoms with E-state index in [1.807, 2.05) is 6.07 Å². The molecule has 1 aromatic carbocycles. The SMILES string of the molecule is Cc1c(C#N)c(N)n(-c2ccc(Cl)cc2C(F)(F)F)c1C. The highest BCUT2D eigenvalue weighted by molar-refractivity contribution is 6.30. The van der Waals surface area contributed by atoms with E-state index in [0.717, 1.165) is 6.07 Å². The summed E-state index contributed by atoms with van der Waals surface area (Å²) in [7, 11) is 0. The van der Waals surface area contributed by atoms with Gasteiger partial charge in [-0.2, -0.15) is 18.4 Å². The largest absolute Gasteiger partial charge is 0.418 e. The van der Waals surface area contributed by atoms with Gasteiger partial charge in [0, 0.05) is 10.7 Å². The number of nitrogens with two attached hydrogens (primary N) is 1. The number of nitriles is 1. The highest BCUT2D eigenvalue weighted by Crippen LogP contribution is 2.38. The van der Waals surface area contributed by atoms with Crippen molar-refractivity contribution in [1.82, 2.24) is 4.57 Å². The van der Waals surface area contributed by atoms with Crippen LogP contribution in [-0.4, -0.2) is 4.57 Å². The van der Waals surface area contributed by atoms with Gasteiger partial charge in [-0.25, -0.2) is 0 Å². The number of nitrogen functional groups attached to an aromatic ring is 1. The zero-order chi connectivity index (χ0) is 15.9. The van der Waals surface area contributed by atoms with Crippen LogP contribution in [0, 0.1) is 25.2 Å². The van der Waals surface area contributed by atoms with Gasteiger partial charge in [-0.15, -0.1) is 0 Å². The van der Waals surface area contributed by atoms with Crippen molar-refractivity contribution in [3.8, 4) is 11.8 Å². The predicted molar refractivity (Wildman–Crippen MR) is 74.4 cm³/mol. The second-order valence-corrected chi connectivity index (χ2v) is 5.01. The number of hydrogen-bond donors (Lipinski definition) is 1. The molecule has 1 aromatic heterocycles. The Hall–Kier alpha value is -2.13. The fraction of sp³-hybridized carbons (Fsp3) is 0.214. The van der Waals surface area contributed by atoms with Crippen LogP contribution >= 0.6 is 11.6 Å². The lowest BCUT2D eigenvalue weighted by molar-refractivity contribution is -0.137. The molecule has 0 bridgehead atoms. The molecule has 1 heterocycles. The minimum atomic E-state index is -4.58. The Bertz CT molecular complexity index is 754. The van der Waals surface area contributed by atoms with Crippen molar-refractivity contribution in [2.75, 3.05) is 5.73 Å². The van der Waals surface area contributed by atoms with Gasteiger partial charge in [0.25, 0.3) is 0 Å². The molecule has 0 radical (unpaired) electrons. The molecule has 110 valence electrons. The van der Waals surface area contributed by atoms with Crippen molar-refractivity contribution in [1.29, 1.82) is 5.26 Å². The molecule has 0 saturated carbocycles. The second-order valence-electron chi connectivity index (χ2n) is 4.58. The van der Waals surface area contributed by atoms with E-state index < -0.39 is 11.7 Å². The Morgan fingerprint density at radius 3 is 2.38 bits per heavy atom. The Morgan fingerprint density at radius 2 is 1.90 bits per heavy atom. The van der Waals surface area contributed by atoms with Gasteiger partial charge in [0.15, 0.2) is 0 Å². The molecule has 2 rings (SSSR count). The first kappa shape index (κ1) is 15.3. The molecule has 0 spiro atoms. The van der Waals surface area contributed by atoms with Crippen molar-refractivity contribution in [3.63, 3.8) is 0 Å². The minimum Gasteiger partial charge on any atom is -0.384 e. The van der Waals surface area contributed by atoms with E-state index in [0.29, 0.717) is 11.3 Å². The molecular formula is C14H11ClF3N3. The number of benzene rings is 1. The first-order chi connectivity index (χ1) is 9.68. The number of nitrogens with zero attached hydrogens (tertiary/aromatic N) is 2. The molecule has 21 heavy (non-hydrogen) atoms. The van der Waals surface area contributed by atoms with Crippen molar-refractivity contribution in [2.45, 2.75) is 20.0 Å². The maximum absolute atomic E-state index is 13.2. The van der Waals surface area contributed by atoms with Crippen molar-refractivity contribution < 1.29 is 13.2 Å². The van der Waals surface area contributed by atoms with Gasteiger partial charge in [-0.05, 0) is 37.6 Å². The molecule has 0 aliphatic rings. The Labute approximate surface area is 124 Å². The zero-order valence-corrected chi connectivity index (χ0v) is 12.0. The molecule has 7 heteroatoms. The molecule has 0 fully saturated rings. The summed E-state index contributed by atoms with van der Waals surface area (Å²) < 4.78 is 40.8. The lowest BCUT2D eigenvalue weighted by atomic mass is 10.1. The first-order valence-corrected chi connectivity index (χ1v) is 6.31. The van der Waals surface area contributed by atoms with Crippen LogP contribution in [0.5, 0.6) is 0 Å². The highest BCUT2D eigenvalue weighted by atomic mass is 35.5. The number of aromatic nitrogens is 1. The van der Waals surface area contributed by atoms with E-state index in [1.54, 1.807) is 13.8 Å². The summed E-state index contributed by atoms with van der Waals surface area (Å²) in [5, 5.41) is 9.05. The van der Waals surface area contributed by atoms with Crippen molar-refractivity contribution in [3.05, 3.63) is 45.6 Å². The summed E-state index contributed by atoms with van der Waals surface area (Å²) in [4.78, 5) is 0. The van der Waals surface area contributed by atoms with Crippen LogP contribution in [0.1, 0.15) is 22.4 Å². The summed E-state index contributed by atoms with van der Waals surface area (Å²) >= 11 is 5.66. The van der Waals surface area contributed by atoms with Crippen LogP contribution in [0.25, 0.3) is 5.69 Å². The highest BCUT2D eigenvalue weighted by Gasteiger charge is 2.35. The predicted octanol–water partition coefficient (Wildman–Crippen LogP) is 4.22. The van der Waals surface area contributed by atoms with Crippen LogP contribution in [0.3, 0.4) is 0 Å². The van der Waals surface area contributed by atoms with Gasteiger partial charge < -0.3 is 5.73 Å². The third-order valence-electron chi connectivity index (χ3n) is 3.37. The Morgan fingerprint density at radius 1 is 1.29 bits per heavy atom. The molecular weight excluding hydrogens is 303 g/mol. The van der Waals surface area contributed by atoms with Gasteiger partial charge in [-0.3, -0.25) is 4.57 Å². The molecule has 2 aromatic rings. The normalized spacial score (nSPS) is 11.5. The average molecular weight is 314 g/mol. The fourth-order valence-corrected chi connectivity index (χ4v) is 2.39. The maximum Gasteiger partial charge on any atom is 0.418 e. The molecule has 0 atom stereocenters. The lowest BCUT2D eigenvalue weighted by Crippen LogP contribution is -2.13. The third kappa shape index (κ3) is 2.45. The summed E-state index contributed by atoms with van der Waals surface area (Å²) in [6, 6.07) is 5.35. The van der Waals surface area contributed by atoms with E-state index in [1.165, 1.54) is 16.7 Å². The van der Waals surface area contributed by atoms with Gasteiger partial charge in [0.1, 0.15) is 11.9 Å². The number of halogens is 4. The van der Waals surface area contributed by atoms with E-state index in [4.69, 9.17) is 22.6 Å². The zero-order valence-electron chi connectivity index (χ0n) is 11.2. The Balaban J connectivity index is 2.84. The van der Waals surface area contributed by atoms with Crippen LogP contribution in [0.15, 0.2) is 18.2 Å². The quantitative estimate of drug-likeness (QED) is 0.857. The first-order valence-electron chi connectivity index (χ1n) is 5.93. The monoisotopic (exact) mass is 313 g/mol. The van der Waals surface area contributed by atoms with Gasteiger partial charge in [0.05, 0.1) is 16.8 Å². The molecule has 0 aliphatic heterocycles. The standard InChI is InChI=1S/C14H11ClF3N3/c1-7-8(2)21(13(20)10(7)6-19)12-4-3-9(15)5-11(12)14(16,17)18/h3-5H,20H2,1-2H3. The Kier molecular flexibility index (Phi) is 3.64. The van der Waals surface area contributed by atoms with Crippen molar-refractivity contribution in [2.24, 2.45) is 0 Å². The minimum absolute atomic E-state index is 0.0136. The van der Waals surface area contributed by atoms with E-state index in [-0.39, 0.29) is 22.1 Å². The molecule has 0 aliphatic carbocycles. The third-order valence-corrected chi connectivity index (χ3v) is 3.60. The summed E-state index contributed by atoms with van der Waals surface area (Å²) in [5.41, 5.74) is 6.01.